The maximum absolute atomic E-state index is 12.5. The smallest absolute Gasteiger partial charge is 0.287 e. The van der Waals surface area contributed by atoms with E-state index in [1.165, 1.54) is 0 Å². The van der Waals surface area contributed by atoms with Crippen molar-refractivity contribution in [3.8, 4) is 0 Å². The first kappa shape index (κ1) is 16.8. The number of nitrogens with one attached hydrogen (secondary N) is 2. The molecule has 1 fully saturated rings. The summed E-state index contributed by atoms with van der Waals surface area (Å²) in [7, 11) is 0. The molecule has 0 aliphatic carbocycles. The third kappa shape index (κ3) is 2.99. The van der Waals surface area contributed by atoms with Crippen molar-refractivity contribution < 1.29 is 9.21 Å². The summed E-state index contributed by atoms with van der Waals surface area (Å²) in [6.45, 7) is 7.90. The molecule has 0 unspecified atom stereocenters. The number of hydrogen-bond acceptors (Lipinski definition) is 3. The first-order chi connectivity index (χ1) is 10.1. The van der Waals surface area contributed by atoms with Gasteiger partial charge in [-0.3, -0.25) is 4.79 Å². The normalized spacial score (nSPS) is 18.0. The van der Waals surface area contributed by atoms with E-state index in [9.17, 15) is 4.79 Å². The van der Waals surface area contributed by atoms with Gasteiger partial charge in [0.2, 0.25) is 0 Å². The summed E-state index contributed by atoms with van der Waals surface area (Å²) in [6.07, 6.45) is 2.12. The van der Waals surface area contributed by atoms with Gasteiger partial charge in [0.05, 0.1) is 0 Å². The summed E-state index contributed by atoms with van der Waals surface area (Å²) in [5.41, 5.74) is 3.99. The van der Waals surface area contributed by atoms with Crippen LogP contribution in [0.25, 0.3) is 11.0 Å². The molecule has 0 bridgehead atoms. The number of rotatable bonds is 2. The van der Waals surface area contributed by atoms with Gasteiger partial charge in [-0.2, -0.15) is 0 Å². The second-order valence-corrected chi connectivity index (χ2v) is 5.98. The number of halogens is 1. The molecule has 1 atom stereocenters. The average molecular weight is 323 g/mol. The number of piperidine rings is 1. The molecule has 3 rings (SSSR count). The molecular weight excluding hydrogens is 300 g/mol. The molecule has 1 aliphatic rings. The van der Waals surface area contributed by atoms with Crippen LogP contribution in [0.15, 0.2) is 16.5 Å². The number of aryl methyl sites for hydroxylation is 3. The zero-order valence-electron chi connectivity index (χ0n) is 13.3. The third-order valence-corrected chi connectivity index (χ3v) is 4.32. The SMILES string of the molecule is Cc1ccc(C)c2c(C)c(C(=O)N[C@H]3CCCNC3)oc12.Cl. The summed E-state index contributed by atoms with van der Waals surface area (Å²) < 4.78 is 5.88. The number of amides is 1. The first-order valence-corrected chi connectivity index (χ1v) is 7.59. The Morgan fingerprint density at radius 1 is 1.27 bits per heavy atom. The third-order valence-electron chi connectivity index (χ3n) is 4.32. The van der Waals surface area contributed by atoms with E-state index >= 15 is 0 Å². The largest absolute Gasteiger partial charge is 0.450 e. The van der Waals surface area contributed by atoms with E-state index in [0.717, 1.165) is 53.6 Å². The summed E-state index contributed by atoms with van der Waals surface area (Å²) in [6, 6.07) is 4.31. The van der Waals surface area contributed by atoms with Crippen LogP contribution in [0.2, 0.25) is 0 Å². The quantitative estimate of drug-likeness (QED) is 0.892. The van der Waals surface area contributed by atoms with E-state index in [1.54, 1.807) is 0 Å². The van der Waals surface area contributed by atoms with E-state index in [-0.39, 0.29) is 24.4 Å². The second kappa shape index (κ2) is 6.71. The zero-order valence-corrected chi connectivity index (χ0v) is 14.1. The Kier molecular flexibility index (Phi) is 5.14. The van der Waals surface area contributed by atoms with Gasteiger partial charge in [-0.05, 0) is 51.3 Å². The molecule has 1 amide bonds. The van der Waals surface area contributed by atoms with Crippen molar-refractivity contribution in [1.29, 1.82) is 0 Å². The number of furan rings is 1. The molecule has 1 aromatic heterocycles. The van der Waals surface area contributed by atoms with Crippen molar-refractivity contribution in [3.63, 3.8) is 0 Å². The molecule has 1 saturated heterocycles. The zero-order chi connectivity index (χ0) is 15.0. The molecule has 22 heavy (non-hydrogen) atoms. The molecule has 0 saturated carbocycles. The Hall–Kier alpha value is -1.52. The highest BCUT2D eigenvalue weighted by Crippen LogP contribution is 2.30. The van der Waals surface area contributed by atoms with Crippen molar-refractivity contribution >= 4 is 29.3 Å². The Bertz CT molecular complexity index is 688. The minimum atomic E-state index is -0.101. The van der Waals surface area contributed by atoms with Crippen LogP contribution in [0.4, 0.5) is 0 Å². The van der Waals surface area contributed by atoms with E-state index in [2.05, 4.69) is 23.6 Å². The molecule has 5 heteroatoms. The molecule has 2 N–H and O–H groups in total. The van der Waals surface area contributed by atoms with Crippen molar-refractivity contribution in [3.05, 3.63) is 34.6 Å². The van der Waals surface area contributed by atoms with Crippen LogP contribution < -0.4 is 10.6 Å². The topological polar surface area (TPSA) is 54.3 Å². The Morgan fingerprint density at radius 2 is 2.00 bits per heavy atom. The van der Waals surface area contributed by atoms with Gasteiger partial charge >= 0.3 is 0 Å². The Balaban J connectivity index is 0.00000176. The molecule has 2 heterocycles. The van der Waals surface area contributed by atoms with Crippen LogP contribution in [0.5, 0.6) is 0 Å². The minimum Gasteiger partial charge on any atom is -0.450 e. The van der Waals surface area contributed by atoms with Crippen LogP contribution in [0.1, 0.15) is 40.1 Å². The molecular formula is C17H23ClN2O2. The van der Waals surface area contributed by atoms with E-state index < -0.39 is 0 Å². The molecule has 1 aromatic carbocycles. The molecule has 120 valence electrons. The highest BCUT2D eigenvalue weighted by atomic mass is 35.5. The maximum Gasteiger partial charge on any atom is 0.287 e. The van der Waals surface area contributed by atoms with Crippen LogP contribution in [0, 0.1) is 20.8 Å². The maximum atomic E-state index is 12.5. The number of carbonyl (C=O) groups is 1. The monoisotopic (exact) mass is 322 g/mol. The number of fused-ring (bicyclic) bond motifs is 1. The van der Waals surface area contributed by atoms with Crippen LogP contribution in [-0.4, -0.2) is 25.0 Å². The van der Waals surface area contributed by atoms with Gasteiger partial charge in [-0.1, -0.05) is 12.1 Å². The van der Waals surface area contributed by atoms with Crippen LogP contribution in [0.3, 0.4) is 0 Å². The molecule has 0 spiro atoms. The highest BCUT2D eigenvalue weighted by Gasteiger charge is 2.23. The molecule has 4 nitrogen and oxygen atoms in total. The fourth-order valence-corrected chi connectivity index (χ4v) is 3.12. The van der Waals surface area contributed by atoms with Crippen molar-refractivity contribution in [1.82, 2.24) is 10.6 Å². The lowest BCUT2D eigenvalue weighted by atomic mass is 10.0. The lowest BCUT2D eigenvalue weighted by Crippen LogP contribution is -2.45. The first-order valence-electron chi connectivity index (χ1n) is 7.59. The lowest BCUT2D eigenvalue weighted by Gasteiger charge is -2.23. The van der Waals surface area contributed by atoms with Gasteiger partial charge in [0.25, 0.3) is 5.91 Å². The summed E-state index contributed by atoms with van der Waals surface area (Å²) in [5.74, 6) is 0.351. The summed E-state index contributed by atoms with van der Waals surface area (Å²) in [4.78, 5) is 12.5. The minimum absolute atomic E-state index is 0. The van der Waals surface area contributed by atoms with Crippen LogP contribution >= 0.6 is 12.4 Å². The van der Waals surface area contributed by atoms with E-state index in [4.69, 9.17) is 4.42 Å². The second-order valence-electron chi connectivity index (χ2n) is 5.98. The number of hydrogen-bond donors (Lipinski definition) is 2. The predicted molar refractivity (Wildman–Crippen MR) is 91.0 cm³/mol. The van der Waals surface area contributed by atoms with Gasteiger partial charge in [0, 0.05) is 23.5 Å². The Morgan fingerprint density at radius 3 is 2.64 bits per heavy atom. The van der Waals surface area contributed by atoms with Crippen LogP contribution in [-0.2, 0) is 0 Å². The number of carbonyl (C=O) groups excluding carboxylic acids is 1. The molecule has 2 aromatic rings. The lowest BCUT2D eigenvalue weighted by molar-refractivity contribution is 0.0904. The van der Waals surface area contributed by atoms with E-state index in [1.807, 2.05) is 19.9 Å². The van der Waals surface area contributed by atoms with Gasteiger partial charge in [0.15, 0.2) is 5.76 Å². The van der Waals surface area contributed by atoms with Crippen molar-refractivity contribution in [2.45, 2.75) is 39.7 Å². The summed E-state index contributed by atoms with van der Waals surface area (Å²) >= 11 is 0. The standard InChI is InChI=1S/C17H22N2O2.ClH/c1-10-6-7-11(2)15-14(10)12(3)16(21-15)17(20)19-13-5-4-8-18-9-13;/h6-7,13,18H,4-5,8-9H2,1-3H3,(H,19,20);1H/t13-;/m0./s1. The van der Waals surface area contributed by atoms with Crippen molar-refractivity contribution in [2.24, 2.45) is 0 Å². The highest BCUT2D eigenvalue weighted by molar-refractivity contribution is 6.00. The average Bonchev–Trinajstić information content (AvgIpc) is 2.83. The Labute approximate surface area is 137 Å². The van der Waals surface area contributed by atoms with Gasteiger partial charge in [0.1, 0.15) is 5.58 Å². The fraction of sp³-hybridized carbons (Fsp3) is 0.471. The van der Waals surface area contributed by atoms with Gasteiger partial charge in [-0.15, -0.1) is 12.4 Å². The fourth-order valence-electron chi connectivity index (χ4n) is 3.12. The molecule has 1 aliphatic heterocycles. The van der Waals surface area contributed by atoms with Gasteiger partial charge < -0.3 is 15.1 Å². The summed E-state index contributed by atoms with van der Waals surface area (Å²) in [5, 5.41) is 7.46. The predicted octanol–water partition coefficient (Wildman–Crippen LogP) is 3.26. The molecule has 0 radical (unpaired) electrons. The van der Waals surface area contributed by atoms with E-state index in [0.29, 0.717) is 5.76 Å². The number of benzene rings is 1. The van der Waals surface area contributed by atoms with Gasteiger partial charge in [-0.25, -0.2) is 0 Å². The van der Waals surface area contributed by atoms with Crippen molar-refractivity contribution in [2.75, 3.05) is 13.1 Å².